The van der Waals surface area contributed by atoms with E-state index in [-0.39, 0.29) is 0 Å². The summed E-state index contributed by atoms with van der Waals surface area (Å²) in [6.07, 6.45) is 1.29. The topological polar surface area (TPSA) is 15.3 Å². The summed E-state index contributed by atoms with van der Waals surface area (Å²) in [5, 5.41) is 5.62. The molecule has 1 aliphatic heterocycles. The molecular formula is C12H20N2S. The number of nitrogens with one attached hydrogen (secondary N) is 1. The van der Waals surface area contributed by atoms with E-state index in [0.717, 1.165) is 6.54 Å². The molecule has 2 rings (SSSR count). The summed E-state index contributed by atoms with van der Waals surface area (Å²) in [7, 11) is 0. The Morgan fingerprint density at radius 3 is 3.20 bits per heavy atom. The van der Waals surface area contributed by atoms with Crippen LogP contribution in [-0.4, -0.2) is 37.6 Å². The van der Waals surface area contributed by atoms with Gasteiger partial charge in [-0.25, -0.2) is 0 Å². The van der Waals surface area contributed by atoms with Crippen LogP contribution in [0.15, 0.2) is 17.5 Å². The van der Waals surface area contributed by atoms with Crippen molar-refractivity contribution in [1.82, 2.24) is 10.2 Å². The van der Waals surface area contributed by atoms with Crippen LogP contribution in [0.25, 0.3) is 0 Å². The fourth-order valence-corrected chi connectivity index (χ4v) is 2.91. The molecule has 1 unspecified atom stereocenters. The van der Waals surface area contributed by atoms with Crippen LogP contribution in [0.5, 0.6) is 0 Å². The van der Waals surface area contributed by atoms with E-state index < -0.39 is 0 Å². The van der Waals surface area contributed by atoms with Gasteiger partial charge >= 0.3 is 0 Å². The van der Waals surface area contributed by atoms with Gasteiger partial charge in [0.25, 0.3) is 0 Å². The monoisotopic (exact) mass is 224 g/mol. The van der Waals surface area contributed by atoms with E-state index in [4.69, 9.17) is 0 Å². The van der Waals surface area contributed by atoms with Gasteiger partial charge in [-0.2, -0.15) is 0 Å². The van der Waals surface area contributed by atoms with E-state index in [9.17, 15) is 0 Å². The highest BCUT2D eigenvalue weighted by Crippen LogP contribution is 2.21. The summed E-state index contributed by atoms with van der Waals surface area (Å²) in [4.78, 5) is 4.11. The minimum atomic E-state index is 0.683. The van der Waals surface area contributed by atoms with Crippen molar-refractivity contribution in [2.24, 2.45) is 0 Å². The first kappa shape index (κ1) is 11.1. The lowest BCUT2D eigenvalue weighted by molar-refractivity contribution is 0.279. The Hall–Kier alpha value is -0.380. The van der Waals surface area contributed by atoms with Crippen LogP contribution in [-0.2, 0) is 0 Å². The van der Waals surface area contributed by atoms with Gasteiger partial charge in [-0.1, -0.05) is 13.0 Å². The Labute approximate surface area is 96.3 Å². The molecule has 2 nitrogen and oxygen atoms in total. The fourth-order valence-electron chi connectivity index (χ4n) is 2.13. The number of nitrogens with zero attached hydrogens (tertiary/aromatic N) is 1. The minimum Gasteiger partial charge on any atom is -0.315 e. The van der Waals surface area contributed by atoms with Crippen LogP contribution in [0.1, 0.15) is 24.1 Å². The molecule has 0 bridgehead atoms. The molecule has 1 atom stereocenters. The second-order valence-corrected chi connectivity index (χ2v) is 5.30. The Bertz CT molecular complexity index is 263. The zero-order valence-electron chi connectivity index (χ0n) is 9.41. The standard InChI is InChI=1S/C12H20N2S/c1-11(12-4-2-9-15-12)10-14-7-3-5-13-6-8-14/h2,4,9,11,13H,3,5-8,10H2,1H3. The van der Waals surface area contributed by atoms with E-state index in [1.54, 1.807) is 0 Å². The predicted molar refractivity (Wildman–Crippen MR) is 66.7 cm³/mol. The van der Waals surface area contributed by atoms with Crippen molar-refractivity contribution < 1.29 is 0 Å². The Kier molecular flexibility index (Phi) is 4.18. The molecule has 1 aromatic heterocycles. The third-order valence-corrected chi connectivity index (χ3v) is 4.10. The van der Waals surface area contributed by atoms with Crippen molar-refractivity contribution in [2.45, 2.75) is 19.3 Å². The van der Waals surface area contributed by atoms with E-state index in [1.165, 1.54) is 37.5 Å². The maximum Gasteiger partial charge on any atom is 0.0107 e. The number of hydrogen-bond donors (Lipinski definition) is 1. The number of hydrogen-bond acceptors (Lipinski definition) is 3. The van der Waals surface area contributed by atoms with Crippen LogP contribution in [0.2, 0.25) is 0 Å². The molecule has 3 heteroatoms. The van der Waals surface area contributed by atoms with Crippen LogP contribution in [0.3, 0.4) is 0 Å². The van der Waals surface area contributed by atoms with Crippen molar-refractivity contribution in [1.29, 1.82) is 0 Å². The molecule has 0 aliphatic carbocycles. The Balaban J connectivity index is 1.84. The van der Waals surface area contributed by atoms with Crippen molar-refractivity contribution in [3.8, 4) is 0 Å². The molecule has 2 heterocycles. The van der Waals surface area contributed by atoms with E-state index in [0.29, 0.717) is 5.92 Å². The first-order chi connectivity index (χ1) is 7.36. The van der Waals surface area contributed by atoms with Crippen LogP contribution >= 0.6 is 11.3 Å². The van der Waals surface area contributed by atoms with E-state index >= 15 is 0 Å². The zero-order chi connectivity index (χ0) is 10.5. The van der Waals surface area contributed by atoms with E-state index in [2.05, 4.69) is 34.7 Å². The molecule has 0 spiro atoms. The van der Waals surface area contributed by atoms with Crippen LogP contribution in [0, 0.1) is 0 Å². The average Bonchev–Trinajstić information content (AvgIpc) is 2.65. The largest absolute Gasteiger partial charge is 0.315 e. The predicted octanol–water partition coefficient (Wildman–Crippen LogP) is 2.15. The molecule has 0 saturated carbocycles. The molecule has 1 aromatic rings. The summed E-state index contributed by atoms with van der Waals surface area (Å²) >= 11 is 1.88. The van der Waals surface area contributed by atoms with Gasteiger partial charge in [-0.05, 0) is 31.0 Å². The summed E-state index contributed by atoms with van der Waals surface area (Å²) in [5.41, 5.74) is 0. The lowest BCUT2D eigenvalue weighted by Gasteiger charge is -2.22. The van der Waals surface area contributed by atoms with E-state index in [1.807, 2.05) is 11.3 Å². The van der Waals surface area contributed by atoms with Gasteiger partial charge in [-0.3, -0.25) is 0 Å². The number of rotatable bonds is 3. The molecule has 15 heavy (non-hydrogen) atoms. The summed E-state index contributed by atoms with van der Waals surface area (Å²) in [6.45, 7) is 8.34. The van der Waals surface area contributed by atoms with Gasteiger partial charge < -0.3 is 10.2 Å². The fraction of sp³-hybridized carbons (Fsp3) is 0.667. The molecule has 1 saturated heterocycles. The minimum absolute atomic E-state index is 0.683. The van der Waals surface area contributed by atoms with Gasteiger partial charge in [0.2, 0.25) is 0 Å². The quantitative estimate of drug-likeness (QED) is 0.846. The molecular weight excluding hydrogens is 204 g/mol. The first-order valence-corrected chi connectivity index (χ1v) is 6.70. The number of thiophene rings is 1. The van der Waals surface area contributed by atoms with Gasteiger partial charge in [0.1, 0.15) is 0 Å². The van der Waals surface area contributed by atoms with Gasteiger partial charge in [0.15, 0.2) is 0 Å². The normalized spacial score (nSPS) is 21.1. The highest BCUT2D eigenvalue weighted by atomic mass is 32.1. The molecule has 0 radical (unpaired) electrons. The summed E-state index contributed by atoms with van der Waals surface area (Å²) < 4.78 is 0. The van der Waals surface area contributed by atoms with Gasteiger partial charge in [-0.15, -0.1) is 11.3 Å². The summed E-state index contributed by atoms with van der Waals surface area (Å²) in [5.74, 6) is 0.683. The molecule has 84 valence electrons. The second kappa shape index (κ2) is 5.64. The Morgan fingerprint density at radius 1 is 1.47 bits per heavy atom. The second-order valence-electron chi connectivity index (χ2n) is 4.32. The first-order valence-electron chi connectivity index (χ1n) is 5.83. The lowest BCUT2D eigenvalue weighted by atomic mass is 10.1. The van der Waals surface area contributed by atoms with Crippen molar-refractivity contribution >= 4 is 11.3 Å². The Morgan fingerprint density at radius 2 is 2.40 bits per heavy atom. The third-order valence-electron chi connectivity index (χ3n) is 2.99. The maximum atomic E-state index is 3.45. The third kappa shape index (κ3) is 3.30. The smallest absolute Gasteiger partial charge is 0.0107 e. The molecule has 0 amide bonds. The van der Waals surface area contributed by atoms with Crippen molar-refractivity contribution in [3.63, 3.8) is 0 Å². The van der Waals surface area contributed by atoms with Crippen LogP contribution in [0.4, 0.5) is 0 Å². The van der Waals surface area contributed by atoms with Crippen LogP contribution < -0.4 is 5.32 Å². The zero-order valence-corrected chi connectivity index (χ0v) is 10.2. The van der Waals surface area contributed by atoms with Crippen molar-refractivity contribution in [2.75, 3.05) is 32.7 Å². The molecule has 0 aromatic carbocycles. The SMILES string of the molecule is CC(CN1CCCNCC1)c1cccs1. The molecule has 1 fully saturated rings. The summed E-state index contributed by atoms with van der Waals surface area (Å²) in [6, 6.07) is 4.41. The highest BCUT2D eigenvalue weighted by Gasteiger charge is 2.13. The van der Waals surface area contributed by atoms with Crippen molar-refractivity contribution in [3.05, 3.63) is 22.4 Å². The average molecular weight is 224 g/mol. The van der Waals surface area contributed by atoms with Gasteiger partial charge in [0, 0.05) is 30.4 Å². The highest BCUT2D eigenvalue weighted by molar-refractivity contribution is 7.10. The van der Waals surface area contributed by atoms with Gasteiger partial charge in [0.05, 0.1) is 0 Å². The lowest BCUT2D eigenvalue weighted by Crippen LogP contribution is -2.31. The maximum absolute atomic E-state index is 3.45. The molecule has 1 N–H and O–H groups in total. The molecule has 1 aliphatic rings.